The van der Waals surface area contributed by atoms with Gasteiger partial charge in [-0.1, -0.05) is 20.3 Å². The van der Waals surface area contributed by atoms with Crippen LogP contribution >= 0.6 is 0 Å². The van der Waals surface area contributed by atoms with Crippen LogP contribution < -0.4 is 0 Å². The maximum absolute atomic E-state index is 9.97. The molecule has 0 saturated carbocycles. The predicted molar refractivity (Wildman–Crippen MR) is 37.5 cm³/mol. The molecule has 0 amide bonds. The molecule has 0 aliphatic heterocycles. The van der Waals surface area contributed by atoms with E-state index in [2.05, 4.69) is 0 Å². The molecule has 3 heteroatoms. The molecule has 0 heterocycles. The SMILES string of the molecule is CCC(C)CC(=O)O.[Na]. The Balaban J connectivity index is 0. The molecule has 0 aromatic rings. The summed E-state index contributed by atoms with van der Waals surface area (Å²) in [6.45, 7) is 3.93. The van der Waals surface area contributed by atoms with Gasteiger partial charge in [0.05, 0.1) is 0 Å². The Labute approximate surface area is 77.9 Å². The van der Waals surface area contributed by atoms with Gasteiger partial charge in [0.15, 0.2) is 0 Å². The predicted octanol–water partition coefficient (Wildman–Crippen LogP) is 1.13. The standard InChI is InChI=1S/C6H12O2.Na/c1-3-5(2)4-6(7)8;/h5H,3-4H2,1-2H3,(H,7,8);. The second-order valence-corrected chi connectivity index (χ2v) is 2.11. The number of carboxylic acids is 1. The van der Waals surface area contributed by atoms with Gasteiger partial charge in [-0.25, -0.2) is 0 Å². The van der Waals surface area contributed by atoms with Crippen molar-refractivity contribution in [3.8, 4) is 0 Å². The number of hydrogen-bond acceptors (Lipinski definition) is 1. The number of carboxylic acid groups (broad SMARTS) is 1. The average Bonchev–Trinajstić information content (AvgIpc) is 1.65. The fourth-order valence-corrected chi connectivity index (χ4v) is 0.442. The Bertz CT molecular complexity index is 83.1. The summed E-state index contributed by atoms with van der Waals surface area (Å²) in [4.78, 5) is 9.97. The van der Waals surface area contributed by atoms with Crippen LogP contribution in [0, 0.1) is 5.92 Å². The molecule has 0 aromatic heterocycles. The molecule has 0 aliphatic rings. The first-order valence-electron chi connectivity index (χ1n) is 2.88. The van der Waals surface area contributed by atoms with Crippen molar-refractivity contribution in [2.75, 3.05) is 0 Å². The molecule has 0 saturated heterocycles. The Morgan fingerprint density at radius 2 is 2.11 bits per heavy atom. The van der Waals surface area contributed by atoms with Crippen LogP contribution in [0.1, 0.15) is 26.7 Å². The molecule has 1 atom stereocenters. The van der Waals surface area contributed by atoms with E-state index in [9.17, 15) is 4.79 Å². The summed E-state index contributed by atoms with van der Waals surface area (Å²) in [6.07, 6.45) is 1.25. The smallest absolute Gasteiger partial charge is 0.303 e. The molecule has 0 aromatic carbocycles. The van der Waals surface area contributed by atoms with Crippen LogP contribution in [-0.4, -0.2) is 40.6 Å². The third kappa shape index (κ3) is 8.47. The van der Waals surface area contributed by atoms with Crippen LogP contribution in [-0.2, 0) is 4.79 Å². The van der Waals surface area contributed by atoms with Gasteiger partial charge >= 0.3 is 5.97 Å². The monoisotopic (exact) mass is 139 g/mol. The molecular weight excluding hydrogens is 127 g/mol. The molecule has 0 spiro atoms. The van der Waals surface area contributed by atoms with E-state index in [1.807, 2.05) is 13.8 Å². The van der Waals surface area contributed by atoms with Gasteiger partial charge in [-0.2, -0.15) is 0 Å². The van der Waals surface area contributed by atoms with Crippen molar-refractivity contribution in [3.05, 3.63) is 0 Å². The fourth-order valence-electron chi connectivity index (χ4n) is 0.442. The fraction of sp³-hybridized carbons (Fsp3) is 0.833. The quantitative estimate of drug-likeness (QED) is 0.595. The van der Waals surface area contributed by atoms with Gasteiger partial charge in [0.1, 0.15) is 0 Å². The zero-order valence-corrected chi connectivity index (χ0v) is 8.35. The molecule has 0 bridgehead atoms. The molecule has 0 aliphatic carbocycles. The van der Waals surface area contributed by atoms with E-state index >= 15 is 0 Å². The molecule has 0 rings (SSSR count). The van der Waals surface area contributed by atoms with Crippen LogP contribution in [0.4, 0.5) is 0 Å². The van der Waals surface area contributed by atoms with Gasteiger partial charge in [0.2, 0.25) is 0 Å². The van der Waals surface area contributed by atoms with Gasteiger partial charge in [-0.15, -0.1) is 0 Å². The maximum Gasteiger partial charge on any atom is 0.303 e. The summed E-state index contributed by atoms with van der Waals surface area (Å²) < 4.78 is 0. The van der Waals surface area contributed by atoms with Crippen LogP contribution in [0.3, 0.4) is 0 Å². The number of aliphatic carboxylic acids is 1. The van der Waals surface area contributed by atoms with Gasteiger partial charge in [0, 0.05) is 36.0 Å². The molecular formula is C6H12NaO2. The van der Waals surface area contributed by atoms with E-state index in [4.69, 9.17) is 5.11 Å². The van der Waals surface area contributed by atoms with Gasteiger partial charge in [0.25, 0.3) is 0 Å². The van der Waals surface area contributed by atoms with Crippen molar-refractivity contribution < 1.29 is 9.90 Å². The summed E-state index contributed by atoms with van der Waals surface area (Å²) >= 11 is 0. The normalized spacial score (nSPS) is 11.8. The Morgan fingerprint density at radius 3 is 2.22 bits per heavy atom. The number of hydrogen-bond donors (Lipinski definition) is 1. The average molecular weight is 139 g/mol. The Morgan fingerprint density at radius 1 is 1.67 bits per heavy atom. The van der Waals surface area contributed by atoms with E-state index in [1.54, 1.807) is 0 Å². The summed E-state index contributed by atoms with van der Waals surface area (Å²) in [6, 6.07) is 0. The zero-order chi connectivity index (χ0) is 6.57. The first-order valence-corrected chi connectivity index (χ1v) is 2.88. The van der Waals surface area contributed by atoms with Crippen molar-refractivity contribution >= 4 is 35.5 Å². The van der Waals surface area contributed by atoms with Crippen molar-refractivity contribution in [1.29, 1.82) is 0 Å². The minimum atomic E-state index is -0.695. The van der Waals surface area contributed by atoms with Gasteiger partial charge < -0.3 is 5.11 Å². The van der Waals surface area contributed by atoms with Crippen LogP contribution in [0.15, 0.2) is 0 Å². The molecule has 0 fully saturated rings. The molecule has 9 heavy (non-hydrogen) atoms. The van der Waals surface area contributed by atoms with Crippen molar-refractivity contribution in [2.24, 2.45) is 5.92 Å². The minimum Gasteiger partial charge on any atom is -0.481 e. The zero-order valence-electron chi connectivity index (χ0n) is 6.35. The molecule has 1 unspecified atom stereocenters. The Hall–Kier alpha value is 0.470. The number of rotatable bonds is 3. The van der Waals surface area contributed by atoms with E-state index in [0.29, 0.717) is 12.3 Å². The van der Waals surface area contributed by atoms with E-state index in [1.165, 1.54) is 0 Å². The van der Waals surface area contributed by atoms with Gasteiger partial charge in [-0.05, 0) is 5.92 Å². The molecule has 49 valence electrons. The van der Waals surface area contributed by atoms with Crippen molar-refractivity contribution in [2.45, 2.75) is 26.7 Å². The number of carbonyl (C=O) groups is 1. The molecule has 2 nitrogen and oxygen atoms in total. The van der Waals surface area contributed by atoms with Crippen molar-refractivity contribution in [1.82, 2.24) is 0 Å². The first kappa shape index (κ1) is 12.2. The molecule has 1 N–H and O–H groups in total. The van der Waals surface area contributed by atoms with E-state index in [-0.39, 0.29) is 29.6 Å². The van der Waals surface area contributed by atoms with Crippen LogP contribution in [0.25, 0.3) is 0 Å². The maximum atomic E-state index is 9.97. The molecule has 1 radical (unpaired) electrons. The van der Waals surface area contributed by atoms with Crippen LogP contribution in [0.2, 0.25) is 0 Å². The van der Waals surface area contributed by atoms with Crippen molar-refractivity contribution in [3.63, 3.8) is 0 Å². The second kappa shape index (κ2) is 6.59. The third-order valence-electron chi connectivity index (χ3n) is 1.22. The third-order valence-corrected chi connectivity index (χ3v) is 1.22. The largest absolute Gasteiger partial charge is 0.481 e. The van der Waals surface area contributed by atoms with Crippen LogP contribution in [0.5, 0.6) is 0 Å². The topological polar surface area (TPSA) is 37.3 Å². The summed E-state index contributed by atoms with van der Waals surface area (Å²) in [5, 5.41) is 8.22. The van der Waals surface area contributed by atoms with E-state index < -0.39 is 5.97 Å². The first-order chi connectivity index (χ1) is 3.66. The minimum absolute atomic E-state index is 0. The van der Waals surface area contributed by atoms with Gasteiger partial charge in [-0.3, -0.25) is 4.79 Å². The van der Waals surface area contributed by atoms with E-state index in [0.717, 1.165) is 6.42 Å². The Kier molecular flexibility index (Phi) is 8.91. The summed E-state index contributed by atoms with van der Waals surface area (Å²) in [5.74, 6) is -0.369. The summed E-state index contributed by atoms with van der Waals surface area (Å²) in [7, 11) is 0. The second-order valence-electron chi connectivity index (χ2n) is 2.11. The summed E-state index contributed by atoms with van der Waals surface area (Å²) in [5.41, 5.74) is 0.